The standard InChI is InChI=1S/C18H28N2O3/c1-18(2,3)23-17(22)20-16-9-5-8-15(11-16)19-14-7-4-6-13(10-14)12-21/h4,6-7,10,15-16,19,21H,5,8-9,11-12H2,1-3H3,(H,20,22). The van der Waals surface area contributed by atoms with Gasteiger partial charge in [-0.05, 0) is 64.2 Å². The van der Waals surface area contributed by atoms with Gasteiger partial charge >= 0.3 is 6.09 Å². The molecule has 1 aliphatic carbocycles. The van der Waals surface area contributed by atoms with Gasteiger partial charge in [-0.25, -0.2) is 4.79 Å². The number of hydrogen-bond donors (Lipinski definition) is 3. The molecule has 0 aromatic heterocycles. The van der Waals surface area contributed by atoms with Gasteiger partial charge in [-0.3, -0.25) is 0 Å². The topological polar surface area (TPSA) is 70.6 Å². The summed E-state index contributed by atoms with van der Waals surface area (Å²) in [6.07, 6.45) is 3.66. The third kappa shape index (κ3) is 6.10. The zero-order valence-electron chi connectivity index (χ0n) is 14.3. The number of aliphatic hydroxyl groups is 1. The number of aliphatic hydroxyl groups excluding tert-OH is 1. The van der Waals surface area contributed by atoms with Crippen LogP contribution in [0.5, 0.6) is 0 Å². The van der Waals surface area contributed by atoms with Crippen molar-refractivity contribution < 1.29 is 14.6 Å². The summed E-state index contributed by atoms with van der Waals surface area (Å²) < 4.78 is 5.33. The minimum atomic E-state index is -0.471. The third-order valence-corrected chi connectivity index (χ3v) is 3.88. The Morgan fingerprint density at radius 3 is 2.74 bits per heavy atom. The van der Waals surface area contributed by atoms with Crippen LogP contribution < -0.4 is 10.6 Å². The second-order valence-electron chi connectivity index (χ2n) is 7.21. The van der Waals surface area contributed by atoms with Crippen molar-refractivity contribution in [1.29, 1.82) is 0 Å². The number of benzene rings is 1. The van der Waals surface area contributed by atoms with Gasteiger partial charge in [0.2, 0.25) is 0 Å². The number of anilines is 1. The van der Waals surface area contributed by atoms with Crippen LogP contribution >= 0.6 is 0 Å². The highest BCUT2D eigenvalue weighted by Crippen LogP contribution is 2.23. The summed E-state index contributed by atoms with van der Waals surface area (Å²) in [7, 11) is 0. The summed E-state index contributed by atoms with van der Waals surface area (Å²) in [5.74, 6) is 0. The summed E-state index contributed by atoms with van der Waals surface area (Å²) in [6.45, 7) is 5.65. The molecule has 0 spiro atoms. The zero-order valence-corrected chi connectivity index (χ0v) is 14.3. The molecule has 2 rings (SSSR count). The number of carbonyl (C=O) groups is 1. The molecule has 2 unspecified atom stereocenters. The molecule has 1 fully saturated rings. The fourth-order valence-electron chi connectivity index (χ4n) is 2.92. The number of nitrogens with one attached hydrogen (secondary N) is 2. The second kappa shape index (κ2) is 7.68. The van der Waals surface area contributed by atoms with E-state index in [-0.39, 0.29) is 18.7 Å². The van der Waals surface area contributed by atoms with E-state index < -0.39 is 5.60 Å². The van der Waals surface area contributed by atoms with Crippen LogP contribution in [0.2, 0.25) is 0 Å². The molecule has 1 amide bonds. The molecule has 5 nitrogen and oxygen atoms in total. The third-order valence-electron chi connectivity index (χ3n) is 3.88. The lowest BCUT2D eigenvalue weighted by Crippen LogP contribution is -2.43. The molecule has 5 heteroatoms. The SMILES string of the molecule is CC(C)(C)OC(=O)NC1CCCC(Nc2cccc(CO)c2)C1. The number of carbonyl (C=O) groups excluding carboxylic acids is 1. The van der Waals surface area contributed by atoms with Gasteiger partial charge < -0.3 is 20.5 Å². The van der Waals surface area contributed by atoms with Gasteiger partial charge in [0, 0.05) is 17.8 Å². The first-order valence-electron chi connectivity index (χ1n) is 8.31. The largest absolute Gasteiger partial charge is 0.444 e. The lowest BCUT2D eigenvalue weighted by Gasteiger charge is -2.31. The van der Waals surface area contributed by atoms with Crippen LogP contribution in [0.25, 0.3) is 0 Å². The van der Waals surface area contributed by atoms with E-state index in [0.717, 1.165) is 36.9 Å². The molecule has 128 valence electrons. The average molecular weight is 320 g/mol. The molecule has 0 heterocycles. The van der Waals surface area contributed by atoms with Gasteiger partial charge in [-0.15, -0.1) is 0 Å². The maximum atomic E-state index is 11.9. The molecule has 0 radical (unpaired) electrons. The Morgan fingerprint density at radius 2 is 2.04 bits per heavy atom. The van der Waals surface area contributed by atoms with Gasteiger partial charge in [0.05, 0.1) is 6.61 Å². The van der Waals surface area contributed by atoms with Crippen molar-refractivity contribution in [3.8, 4) is 0 Å². The van der Waals surface area contributed by atoms with Gasteiger partial charge in [0.1, 0.15) is 5.60 Å². The minimum Gasteiger partial charge on any atom is -0.444 e. The van der Waals surface area contributed by atoms with Gasteiger partial charge in [0.25, 0.3) is 0 Å². The smallest absolute Gasteiger partial charge is 0.407 e. The lowest BCUT2D eigenvalue weighted by atomic mass is 9.91. The average Bonchev–Trinajstić information content (AvgIpc) is 2.45. The molecule has 2 atom stereocenters. The van der Waals surface area contributed by atoms with Crippen LogP contribution in [0.3, 0.4) is 0 Å². The van der Waals surface area contributed by atoms with Crippen LogP contribution in [0.15, 0.2) is 24.3 Å². The molecule has 1 saturated carbocycles. The van der Waals surface area contributed by atoms with Crippen molar-refractivity contribution in [3.05, 3.63) is 29.8 Å². The van der Waals surface area contributed by atoms with Crippen LogP contribution in [0.1, 0.15) is 52.0 Å². The van der Waals surface area contributed by atoms with Gasteiger partial charge in [-0.2, -0.15) is 0 Å². The van der Waals surface area contributed by atoms with Crippen molar-refractivity contribution in [2.45, 2.75) is 70.7 Å². The lowest BCUT2D eigenvalue weighted by molar-refractivity contribution is 0.0492. The highest BCUT2D eigenvalue weighted by Gasteiger charge is 2.25. The van der Waals surface area contributed by atoms with Crippen molar-refractivity contribution >= 4 is 11.8 Å². The molecule has 1 aromatic carbocycles. The number of rotatable bonds is 4. The van der Waals surface area contributed by atoms with E-state index in [1.807, 2.05) is 45.0 Å². The minimum absolute atomic E-state index is 0.0447. The summed E-state index contributed by atoms with van der Waals surface area (Å²) in [5, 5.41) is 15.7. The molecule has 0 bridgehead atoms. The zero-order chi connectivity index (χ0) is 16.9. The van der Waals surface area contributed by atoms with Crippen molar-refractivity contribution in [3.63, 3.8) is 0 Å². The first-order chi connectivity index (χ1) is 10.9. The highest BCUT2D eigenvalue weighted by atomic mass is 16.6. The Labute approximate surface area is 138 Å². The highest BCUT2D eigenvalue weighted by molar-refractivity contribution is 5.68. The van der Waals surface area contributed by atoms with E-state index in [4.69, 9.17) is 4.74 Å². The van der Waals surface area contributed by atoms with Crippen LogP contribution in [-0.2, 0) is 11.3 Å². The Morgan fingerprint density at radius 1 is 1.30 bits per heavy atom. The fraction of sp³-hybridized carbons (Fsp3) is 0.611. The number of alkyl carbamates (subject to hydrolysis) is 1. The van der Waals surface area contributed by atoms with Crippen molar-refractivity contribution in [2.24, 2.45) is 0 Å². The van der Waals surface area contributed by atoms with Crippen LogP contribution in [0, 0.1) is 0 Å². The maximum absolute atomic E-state index is 11.9. The van der Waals surface area contributed by atoms with E-state index in [9.17, 15) is 9.90 Å². The molecular weight excluding hydrogens is 292 g/mol. The molecule has 1 aromatic rings. The summed E-state index contributed by atoms with van der Waals surface area (Å²) in [5.41, 5.74) is 1.44. The Kier molecular flexibility index (Phi) is 5.88. The summed E-state index contributed by atoms with van der Waals surface area (Å²) in [4.78, 5) is 11.9. The van der Waals surface area contributed by atoms with E-state index in [0.29, 0.717) is 6.04 Å². The van der Waals surface area contributed by atoms with E-state index in [2.05, 4.69) is 10.6 Å². The van der Waals surface area contributed by atoms with E-state index in [1.165, 1.54) is 0 Å². The normalized spacial score (nSPS) is 21.6. The quantitative estimate of drug-likeness (QED) is 0.795. The Bertz CT molecular complexity index is 525. The Hall–Kier alpha value is -1.75. The predicted octanol–water partition coefficient (Wildman–Crippen LogP) is 3.43. The monoisotopic (exact) mass is 320 g/mol. The molecule has 1 aliphatic rings. The Balaban J connectivity index is 1.86. The number of hydrogen-bond acceptors (Lipinski definition) is 4. The van der Waals surface area contributed by atoms with Gasteiger partial charge in [0.15, 0.2) is 0 Å². The van der Waals surface area contributed by atoms with Gasteiger partial charge in [-0.1, -0.05) is 12.1 Å². The number of amides is 1. The first-order valence-corrected chi connectivity index (χ1v) is 8.31. The second-order valence-corrected chi connectivity index (χ2v) is 7.21. The van der Waals surface area contributed by atoms with Crippen molar-refractivity contribution in [1.82, 2.24) is 5.32 Å². The van der Waals surface area contributed by atoms with E-state index >= 15 is 0 Å². The summed E-state index contributed by atoms with van der Waals surface area (Å²) >= 11 is 0. The predicted molar refractivity (Wildman–Crippen MR) is 91.4 cm³/mol. The first kappa shape index (κ1) is 17.6. The molecular formula is C18H28N2O3. The fourth-order valence-corrected chi connectivity index (χ4v) is 2.92. The summed E-state index contributed by atoms with van der Waals surface area (Å²) in [6, 6.07) is 8.26. The van der Waals surface area contributed by atoms with Crippen molar-refractivity contribution in [2.75, 3.05) is 5.32 Å². The van der Waals surface area contributed by atoms with Crippen LogP contribution in [0.4, 0.5) is 10.5 Å². The number of ether oxygens (including phenoxy) is 1. The van der Waals surface area contributed by atoms with E-state index in [1.54, 1.807) is 0 Å². The molecule has 0 saturated heterocycles. The molecule has 23 heavy (non-hydrogen) atoms. The molecule has 3 N–H and O–H groups in total. The van der Waals surface area contributed by atoms with Crippen LogP contribution in [-0.4, -0.2) is 28.9 Å². The molecule has 0 aliphatic heterocycles. The maximum Gasteiger partial charge on any atom is 0.407 e.